The number of Topliss-reactive ketones (excluding diaryl/α,β-unsaturated/α-hetero) is 1. The minimum atomic E-state index is -0.0979. The third-order valence-corrected chi connectivity index (χ3v) is 3.12. The fraction of sp³-hybridized carbons (Fsp3) is 0.533. The van der Waals surface area contributed by atoms with Crippen LogP contribution in [0.4, 0.5) is 0 Å². The number of rotatable bonds is 7. The SMILES string of the molecule is CCCCCCCC(=O)c1cc(O)c(C)cc1O. The zero-order chi connectivity index (χ0) is 13.5. The highest BCUT2D eigenvalue weighted by atomic mass is 16.3. The summed E-state index contributed by atoms with van der Waals surface area (Å²) in [6.45, 7) is 3.84. The van der Waals surface area contributed by atoms with Gasteiger partial charge in [0.1, 0.15) is 11.5 Å². The van der Waals surface area contributed by atoms with Gasteiger partial charge in [-0.25, -0.2) is 0 Å². The fourth-order valence-corrected chi connectivity index (χ4v) is 1.93. The molecule has 0 spiro atoms. The van der Waals surface area contributed by atoms with Gasteiger partial charge in [0.05, 0.1) is 5.56 Å². The van der Waals surface area contributed by atoms with Gasteiger partial charge in [-0.3, -0.25) is 4.79 Å². The van der Waals surface area contributed by atoms with E-state index in [0.29, 0.717) is 12.0 Å². The number of carbonyl (C=O) groups is 1. The largest absolute Gasteiger partial charge is 0.508 e. The normalized spacial score (nSPS) is 10.6. The summed E-state index contributed by atoms with van der Waals surface area (Å²) in [5.41, 5.74) is 0.806. The molecule has 0 saturated carbocycles. The van der Waals surface area contributed by atoms with Gasteiger partial charge < -0.3 is 10.2 Å². The van der Waals surface area contributed by atoms with Crippen LogP contribution in [0.15, 0.2) is 12.1 Å². The lowest BCUT2D eigenvalue weighted by Gasteiger charge is -2.06. The van der Waals surface area contributed by atoms with Crippen LogP contribution in [0.3, 0.4) is 0 Å². The minimum absolute atomic E-state index is 0.0381. The molecule has 0 bridgehead atoms. The smallest absolute Gasteiger partial charge is 0.166 e. The predicted octanol–water partition coefficient (Wildman–Crippen LogP) is 3.95. The van der Waals surface area contributed by atoms with Gasteiger partial charge in [-0.1, -0.05) is 32.6 Å². The molecule has 0 saturated heterocycles. The molecule has 1 aromatic carbocycles. The number of ketones is 1. The number of unbranched alkanes of at least 4 members (excludes halogenated alkanes) is 4. The first-order chi connectivity index (χ1) is 8.56. The summed E-state index contributed by atoms with van der Waals surface area (Å²) >= 11 is 0. The molecule has 0 radical (unpaired) electrons. The molecule has 1 rings (SSSR count). The third kappa shape index (κ3) is 4.06. The van der Waals surface area contributed by atoms with Gasteiger partial charge in [-0.15, -0.1) is 0 Å². The van der Waals surface area contributed by atoms with Crippen molar-refractivity contribution in [2.75, 3.05) is 0 Å². The van der Waals surface area contributed by atoms with E-state index >= 15 is 0 Å². The van der Waals surface area contributed by atoms with Gasteiger partial charge in [0.2, 0.25) is 0 Å². The lowest BCUT2D eigenvalue weighted by molar-refractivity contribution is 0.0976. The highest BCUT2D eigenvalue weighted by Crippen LogP contribution is 2.27. The van der Waals surface area contributed by atoms with Crippen molar-refractivity contribution in [3.63, 3.8) is 0 Å². The average Bonchev–Trinajstić information content (AvgIpc) is 2.33. The zero-order valence-corrected chi connectivity index (χ0v) is 11.2. The van der Waals surface area contributed by atoms with Crippen molar-refractivity contribution in [1.29, 1.82) is 0 Å². The van der Waals surface area contributed by atoms with E-state index < -0.39 is 0 Å². The van der Waals surface area contributed by atoms with Crippen LogP contribution < -0.4 is 0 Å². The molecule has 1 aromatic rings. The molecule has 0 aliphatic rings. The van der Waals surface area contributed by atoms with Gasteiger partial charge in [0.25, 0.3) is 0 Å². The Kier molecular flexibility index (Phi) is 5.69. The van der Waals surface area contributed by atoms with Crippen LogP contribution in [0.2, 0.25) is 0 Å². The Bertz CT molecular complexity index is 410. The lowest BCUT2D eigenvalue weighted by Crippen LogP contribution is -2.00. The monoisotopic (exact) mass is 250 g/mol. The summed E-state index contributed by atoms with van der Waals surface area (Å²) < 4.78 is 0. The zero-order valence-electron chi connectivity index (χ0n) is 11.2. The molecule has 3 nitrogen and oxygen atoms in total. The Hall–Kier alpha value is -1.51. The molecular weight excluding hydrogens is 228 g/mol. The van der Waals surface area contributed by atoms with Crippen molar-refractivity contribution in [3.8, 4) is 11.5 Å². The highest BCUT2D eigenvalue weighted by molar-refractivity contribution is 5.99. The third-order valence-electron chi connectivity index (χ3n) is 3.12. The Morgan fingerprint density at radius 2 is 1.72 bits per heavy atom. The second kappa shape index (κ2) is 7.04. The van der Waals surface area contributed by atoms with E-state index in [-0.39, 0.29) is 22.8 Å². The second-order valence-electron chi connectivity index (χ2n) is 4.74. The summed E-state index contributed by atoms with van der Waals surface area (Å²) in [5, 5.41) is 19.2. The summed E-state index contributed by atoms with van der Waals surface area (Å²) in [4.78, 5) is 11.9. The van der Waals surface area contributed by atoms with Crippen LogP contribution in [0.5, 0.6) is 11.5 Å². The molecule has 0 heterocycles. The van der Waals surface area contributed by atoms with Crippen LogP contribution in [-0.2, 0) is 0 Å². The summed E-state index contributed by atoms with van der Waals surface area (Å²) in [5.74, 6) is -0.0784. The van der Waals surface area contributed by atoms with Crippen molar-refractivity contribution >= 4 is 5.78 Å². The lowest BCUT2D eigenvalue weighted by atomic mass is 10.0. The summed E-state index contributed by atoms with van der Waals surface area (Å²) in [6.07, 6.45) is 5.84. The molecule has 0 aromatic heterocycles. The Balaban J connectivity index is 2.54. The van der Waals surface area contributed by atoms with E-state index in [0.717, 1.165) is 19.3 Å². The maximum atomic E-state index is 11.9. The molecule has 0 aliphatic heterocycles. The van der Waals surface area contributed by atoms with Gasteiger partial charge in [0, 0.05) is 6.42 Å². The standard InChI is InChI=1S/C15H22O3/c1-3-4-5-6-7-8-13(16)12-10-14(17)11(2)9-15(12)18/h9-10,17-18H,3-8H2,1-2H3. The molecule has 18 heavy (non-hydrogen) atoms. The number of hydrogen-bond acceptors (Lipinski definition) is 3. The second-order valence-corrected chi connectivity index (χ2v) is 4.74. The number of benzene rings is 1. The summed E-state index contributed by atoms with van der Waals surface area (Å²) in [7, 11) is 0. The first-order valence-electron chi connectivity index (χ1n) is 6.62. The van der Waals surface area contributed by atoms with Crippen LogP contribution in [-0.4, -0.2) is 16.0 Å². The van der Waals surface area contributed by atoms with Crippen molar-refractivity contribution in [2.45, 2.75) is 52.4 Å². The topological polar surface area (TPSA) is 57.5 Å². The first kappa shape index (κ1) is 14.6. The number of phenols is 2. The van der Waals surface area contributed by atoms with Gasteiger partial charge in [-0.2, -0.15) is 0 Å². The van der Waals surface area contributed by atoms with Gasteiger partial charge in [-0.05, 0) is 31.0 Å². The molecule has 0 fully saturated rings. The van der Waals surface area contributed by atoms with Crippen LogP contribution in [0.25, 0.3) is 0 Å². The molecule has 0 amide bonds. The van der Waals surface area contributed by atoms with Crippen LogP contribution in [0.1, 0.15) is 61.4 Å². The predicted molar refractivity (Wildman–Crippen MR) is 72.2 cm³/mol. The number of carbonyl (C=O) groups excluding carboxylic acids is 1. The molecule has 2 N–H and O–H groups in total. The number of aryl methyl sites for hydroxylation is 1. The first-order valence-corrected chi connectivity index (χ1v) is 6.62. The van der Waals surface area contributed by atoms with E-state index in [4.69, 9.17) is 0 Å². The minimum Gasteiger partial charge on any atom is -0.508 e. The van der Waals surface area contributed by atoms with E-state index in [1.165, 1.54) is 25.0 Å². The van der Waals surface area contributed by atoms with E-state index in [1.54, 1.807) is 6.92 Å². The Morgan fingerprint density at radius 3 is 2.39 bits per heavy atom. The summed E-state index contributed by atoms with van der Waals surface area (Å²) in [6, 6.07) is 2.79. The van der Waals surface area contributed by atoms with Gasteiger partial charge >= 0.3 is 0 Å². The van der Waals surface area contributed by atoms with Crippen molar-refractivity contribution < 1.29 is 15.0 Å². The van der Waals surface area contributed by atoms with Crippen LogP contribution in [0, 0.1) is 6.92 Å². The Labute approximate surface area is 108 Å². The molecule has 0 aliphatic carbocycles. The quantitative estimate of drug-likeness (QED) is 0.437. The molecular formula is C15H22O3. The number of hydrogen-bond donors (Lipinski definition) is 2. The van der Waals surface area contributed by atoms with E-state index in [9.17, 15) is 15.0 Å². The van der Waals surface area contributed by atoms with Crippen molar-refractivity contribution in [3.05, 3.63) is 23.3 Å². The number of aromatic hydroxyl groups is 2. The van der Waals surface area contributed by atoms with Crippen LogP contribution >= 0.6 is 0 Å². The maximum absolute atomic E-state index is 11.9. The fourth-order valence-electron chi connectivity index (χ4n) is 1.93. The molecule has 0 unspecified atom stereocenters. The molecule has 100 valence electrons. The van der Waals surface area contributed by atoms with E-state index in [1.807, 2.05) is 0 Å². The van der Waals surface area contributed by atoms with E-state index in [2.05, 4.69) is 6.92 Å². The number of phenolic OH excluding ortho intramolecular Hbond substituents is 2. The molecule has 0 atom stereocenters. The van der Waals surface area contributed by atoms with Crippen molar-refractivity contribution in [2.24, 2.45) is 0 Å². The average molecular weight is 250 g/mol. The van der Waals surface area contributed by atoms with Gasteiger partial charge in [0.15, 0.2) is 5.78 Å². The molecule has 3 heteroatoms. The van der Waals surface area contributed by atoms with Crippen molar-refractivity contribution in [1.82, 2.24) is 0 Å². The highest BCUT2D eigenvalue weighted by Gasteiger charge is 2.13. The maximum Gasteiger partial charge on any atom is 0.166 e. The Morgan fingerprint density at radius 1 is 1.06 bits per heavy atom.